The van der Waals surface area contributed by atoms with Crippen LogP contribution in [0.2, 0.25) is 0 Å². The van der Waals surface area contributed by atoms with Gasteiger partial charge in [-0.05, 0) is 162 Å². The van der Waals surface area contributed by atoms with Crippen molar-refractivity contribution in [2.24, 2.45) is 9.98 Å². The Bertz CT molecular complexity index is 3510. The molecule has 0 fully saturated rings. The van der Waals surface area contributed by atoms with Gasteiger partial charge in [0.25, 0.3) is 0 Å². The van der Waals surface area contributed by atoms with Gasteiger partial charge in [0, 0.05) is 65.9 Å². The summed E-state index contributed by atoms with van der Waals surface area (Å²) >= 11 is 0. The fraction of sp³-hybridized carbons (Fsp3) is 0.162. The number of hydrogen-bond acceptors (Lipinski definition) is 8. The van der Waals surface area contributed by atoms with Crippen molar-refractivity contribution in [2.75, 3.05) is 19.6 Å². The zero-order chi connectivity index (χ0) is 59.0. The van der Waals surface area contributed by atoms with Gasteiger partial charge in [0.1, 0.15) is 11.6 Å². The molecule has 10 aromatic rings. The van der Waals surface area contributed by atoms with Gasteiger partial charge in [-0.25, -0.2) is 9.97 Å². The molecular weight excluding hydrogens is 1420 g/mol. The normalized spacial score (nSPS) is 12.0. The molecule has 0 radical (unpaired) electrons. The van der Waals surface area contributed by atoms with E-state index < -0.39 is 0 Å². The number of hydrogen-bond donors (Lipinski definition) is 0. The third kappa shape index (κ3) is 16.9. The molecule has 0 atom stereocenters. The van der Waals surface area contributed by atoms with Gasteiger partial charge in [0.2, 0.25) is 0 Å². The van der Waals surface area contributed by atoms with Crippen LogP contribution in [0.25, 0.3) is 32.9 Å². The Hall–Kier alpha value is -8.42. The number of aromatic nitrogens is 2. The summed E-state index contributed by atoms with van der Waals surface area (Å²) in [5.41, 5.74) is 20.8. The summed E-state index contributed by atoms with van der Waals surface area (Å²) in [6.45, 7) is 26.1. The minimum atomic E-state index is 0. The van der Waals surface area contributed by atoms with Crippen molar-refractivity contribution in [1.29, 1.82) is 0 Å². The monoisotopic (exact) mass is 1490 g/mol. The molecule has 444 valence electrons. The minimum Gasteiger partial charge on any atom is -0.498 e. The second-order valence-corrected chi connectivity index (χ2v) is 21.2. The Kier molecular flexibility index (Phi) is 24.0. The van der Waals surface area contributed by atoms with Crippen LogP contribution in [0, 0.1) is 67.0 Å². The molecule has 0 unspecified atom stereocenters. The van der Waals surface area contributed by atoms with E-state index in [1.165, 1.54) is 55.6 Å². The molecule has 8 aromatic carbocycles. The number of benzene rings is 8. The van der Waals surface area contributed by atoms with Gasteiger partial charge < -0.3 is 40.2 Å². The molecule has 86 heavy (non-hydrogen) atoms. The first-order valence-electron chi connectivity index (χ1n) is 28.4. The van der Waals surface area contributed by atoms with Crippen LogP contribution in [0.4, 0.5) is 57.1 Å². The number of pyridine rings is 2. The third-order valence-corrected chi connectivity index (χ3v) is 14.0. The van der Waals surface area contributed by atoms with Crippen molar-refractivity contribution in [3.05, 3.63) is 288 Å². The molecule has 0 saturated carbocycles. The Morgan fingerprint density at radius 3 is 1.10 bits per heavy atom. The topological polar surface area (TPSA) is 91.7 Å². The van der Waals surface area contributed by atoms with Crippen LogP contribution in [0.3, 0.4) is 0 Å². The quantitative estimate of drug-likeness (QED) is 0.0687. The first kappa shape index (κ1) is 65.1. The second kappa shape index (κ2) is 31.6. The van der Waals surface area contributed by atoms with Gasteiger partial charge in [-0.3, -0.25) is 0 Å². The SMILES string of the molecule is C(=Nc1ccccc1)[N-]c1ccccc1.C(=Nc1ccccc1)[N-]c1ccccc1.Cc1cc(C)c(-c2cc[c-]c(N3[CH-]N(C(C)C)c4cccnc43)c2)c(C)c1.Cc1cc(C)c(-c2cc[c-]c(N3[CH-]N(C(C)C)c4cccnc43)c2)c(C)c1.[Pt].[Pt]. The fourth-order valence-electron chi connectivity index (χ4n) is 10.4. The summed E-state index contributed by atoms with van der Waals surface area (Å²) in [5, 5.41) is 8.42. The van der Waals surface area contributed by atoms with Gasteiger partial charge in [-0.1, -0.05) is 169 Å². The number of rotatable bonds is 12. The van der Waals surface area contributed by atoms with Crippen LogP contribution in [-0.2, 0) is 42.1 Å². The predicted molar refractivity (Wildman–Crippen MR) is 355 cm³/mol. The van der Waals surface area contributed by atoms with Crippen LogP contribution in [0.15, 0.2) is 229 Å². The van der Waals surface area contributed by atoms with E-state index in [2.05, 4.69) is 206 Å². The molecule has 4 heterocycles. The minimum absolute atomic E-state index is 0. The number of nitrogens with zero attached hydrogens (tertiary/aromatic N) is 10. The average molecular weight is 1490 g/mol. The molecule has 12 heteroatoms. The summed E-state index contributed by atoms with van der Waals surface area (Å²) in [6, 6.07) is 76.5. The molecule has 0 amide bonds. The van der Waals surface area contributed by atoms with Gasteiger partial charge in [0.05, 0.1) is 0 Å². The zero-order valence-corrected chi connectivity index (χ0v) is 54.9. The molecular formula is C74H72N10Pt2-6. The summed E-state index contributed by atoms with van der Waals surface area (Å²) in [4.78, 5) is 26.5. The zero-order valence-electron chi connectivity index (χ0n) is 50.4. The van der Waals surface area contributed by atoms with E-state index in [-0.39, 0.29) is 42.1 Å². The van der Waals surface area contributed by atoms with E-state index in [0.29, 0.717) is 12.1 Å². The first-order valence-corrected chi connectivity index (χ1v) is 28.4. The fourth-order valence-corrected chi connectivity index (χ4v) is 10.4. The maximum Gasteiger partial charge on any atom is 0.124 e. The Balaban J connectivity index is 0.000000169. The average Bonchev–Trinajstić information content (AvgIpc) is 3.25. The summed E-state index contributed by atoms with van der Waals surface area (Å²) in [7, 11) is 0. The predicted octanol–water partition coefficient (Wildman–Crippen LogP) is 20.0. The summed E-state index contributed by atoms with van der Waals surface area (Å²) in [5.74, 6) is 1.91. The van der Waals surface area contributed by atoms with Crippen LogP contribution >= 0.6 is 0 Å². The second-order valence-electron chi connectivity index (χ2n) is 21.2. The Labute approximate surface area is 539 Å². The molecule has 0 spiro atoms. The van der Waals surface area contributed by atoms with Crippen molar-refractivity contribution in [2.45, 2.75) is 81.3 Å². The maximum atomic E-state index is 4.63. The van der Waals surface area contributed by atoms with Crippen molar-refractivity contribution in [3.8, 4) is 22.3 Å². The third-order valence-electron chi connectivity index (χ3n) is 14.0. The van der Waals surface area contributed by atoms with Crippen LogP contribution in [-0.4, -0.2) is 34.7 Å². The Morgan fingerprint density at radius 1 is 0.430 bits per heavy atom. The number of aliphatic imine (C=N–C) groups is 2. The van der Waals surface area contributed by atoms with E-state index in [0.717, 1.165) is 57.1 Å². The number of para-hydroxylation sites is 4. The number of fused-ring (bicyclic) bond motifs is 2. The molecule has 0 bridgehead atoms. The van der Waals surface area contributed by atoms with Crippen molar-refractivity contribution >= 4 is 69.8 Å². The molecule has 2 aliphatic heterocycles. The summed E-state index contributed by atoms with van der Waals surface area (Å²) in [6.07, 6.45) is 6.85. The Morgan fingerprint density at radius 2 is 0.767 bits per heavy atom. The van der Waals surface area contributed by atoms with Crippen LogP contribution < -0.4 is 19.6 Å². The van der Waals surface area contributed by atoms with Crippen molar-refractivity contribution < 1.29 is 42.1 Å². The van der Waals surface area contributed by atoms with E-state index in [9.17, 15) is 0 Å². The number of anilines is 6. The van der Waals surface area contributed by atoms with E-state index >= 15 is 0 Å². The van der Waals surface area contributed by atoms with Crippen LogP contribution in [0.1, 0.15) is 61.1 Å². The smallest absolute Gasteiger partial charge is 0.124 e. The van der Waals surface area contributed by atoms with Crippen molar-refractivity contribution in [3.63, 3.8) is 0 Å². The van der Waals surface area contributed by atoms with E-state index in [4.69, 9.17) is 0 Å². The molecule has 2 aromatic heterocycles. The van der Waals surface area contributed by atoms with E-state index in [1.807, 2.05) is 158 Å². The van der Waals surface area contributed by atoms with Gasteiger partial charge in [-0.2, -0.15) is 36.4 Å². The summed E-state index contributed by atoms with van der Waals surface area (Å²) < 4.78 is 0. The van der Waals surface area contributed by atoms with E-state index in [1.54, 1.807) is 12.7 Å². The van der Waals surface area contributed by atoms with Crippen LogP contribution in [0.5, 0.6) is 0 Å². The molecule has 12 rings (SSSR count). The standard InChI is InChI=1S/2C24H25N3.2C13H11N2.2Pt/c2*1-16(2)26-15-27(24-22(26)10-7-11-25-24)21-9-6-8-20(14-21)23-18(4)12-17(3)13-19(23)5;2*1-3-7-12(8-4-1)14-11-15-13-9-5-2-6-10-13;;/h2*6-8,10-16H,1-5H3;2*1-11H;;/q2*-2;2*-1;;. The molecule has 2 aliphatic rings. The van der Waals surface area contributed by atoms with Gasteiger partial charge >= 0.3 is 0 Å². The van der Waals surface area contributed by atoms with Gasteiger partial charge in [-0.15, -0.1) is 48.0 Å². The number of aryl methyl sites for hydroxylation is 6. The molecule has 0 N–H and O–H groups in total. The largest absolute Gasteiger partial charge is 0.498 e. The molecule has 0 aliphatic carbocycles. The molecule has 10 nitrogen and oxygen atoms in total. The first-order chi connectivity index (χ1) is 40.8. The van der Waals surface area contributed by atoms with Gasteiger partial charge in [0.15, 0.2) is 0 Å². The van der Waals surface area contributed by atoms with Crippen molar-refractivity contribution in [1.82, 2.24) is 9.97 Å². The maximum absolute atomic E-state index is 4.63. The molecule has 0 saturated heterocycles.